The molecular weight excluding hydrogens is 410 g/mol. The van der Waals surface area contributed by atoms with Crippen LogP contribution < -0.4 is 10.6 Å². The van der Waals surface area contributed by atoms with Crippen LogP contribution >= 0.6 is 0 Å². The van der Waals surface area contributed by atoms with Gasteiger partial charge in [0.15, 0.2) is 17.0 Å². The van der Waals surface area contributed by atoms with E-state index < -0.39 is 0 Å². The summed E-state index contributed by atoms with van der Waals surface area (Å²) in [6, 6.07) is 7.87. The lowest BCUT2D eigenvalue weighted by atomic mass is 10.3. The van der Waals surface area contributed by atoms with E-state index in [2.05, 4.69) is 25.6 Å². The Bertz CT molecular complexity index is 1280. The first-order valence-electron chi connectivity index (χ1n) is 10.7. The lowest BCUT2D eigenvalue weighted by molar-refractivity contribution is -0.127. The number of aryl methyl sites for hydroxylation is 1. The molecule has 4 aromatic rings. The zero-order valence-electron chi connectivity index (χ0n) is 17.8. The van der Waals surface area contributed by atoms with E-state index in [1.54, 1.807) is 6.33 Å². The van der Waals surface area contributed by atoms with Gasteiger partial charge < -0.3 is 24.5 Å². The largest absolute Gasteiger partial charge is 0.395 e. The van der Waals surface area contributed by atoms with Crippen molar-refractivity contribution < 1.29 is 9.90 Å². The molecule has 1 aliphatic rings. The lowest BCUT2D eigenvalue weighted by Gasteiger charge is -2.16. The summed E-state index contributed by atoms with van der Waals surface area (Å²) in [6.45, 7) is 2.30. The van der Waals surface area contributed by atoms with E-state index in [0.717, 1.165) is 24.0 Å². The Hall–Kier alpha value is -3.73. The van der Waals surface area contributed by atoms with Crippen LogP contribution in [0.4, 0.5) is 17.7 Å². The van der Waals surface area contributed by atoms with Crippen LogP contribution in [0.15, 0.2) is 30.6 Å². The third kappa shape index (κ3) is 3.71. The topological polar surface area (TPSA) is 126 Å². The predicted octanol–water partition coefficient (Wildman–Crippen LogP) is 1.48. The monoisotopic (exact) mass is 435 g/mol. The fraction of sp³-hybridized carbons (Fsp3) is 0.381. The number of carbonyl (C=O) groups is 1. The number of likely N-dealkylation sites (tertiary alicyclic amines) is 1. The molecular formula is C21H25N9O2. The number of hydrogen-bond donors (Lipinski definition) is 3. The number of rotatable bonds is 8. The average molecular weight is 435 g/mol. The van der Waals surface area contributed by atoms with Crippen molar-refractivity contribution in [3.8, 4) is 0 Å². The third-order valence-corrected chi connectivity index (χ3v) is 5.66. The number of para-hydroxylation sites is 2. The fourth-order valence-electron chi connectivity index (χ4n) is 3.99. The third-order valence-electron chi connectivity index (χ3n) is 5.66. The molecule has 0 aliphatic carbocycles. The van der Waals surface area contributed by atoms with Crippen LogP contribution in [0.3, 0.4) is 0 Å². The van der Waals surface area contributed by atoms with Crippen LogP contribution in [-0.4, -0.2) is 71.2 Å². The first-order chi connectivity index (χ1) is 15.6. The molecule has 3 aromatic heterocycles. The van der Waals surface area contributed by atoms with Gasteiger partial charge in [0.1, 0.15) is 0 Å². The van der Waals surface area contributed by atoms with Gasteiger partial charge in [-0.05, 0) is 18.6 Å². The van der Waals surface area contributed by atoms with E-state index in [-0.39, 0.29) is 12.5 Å². The molecule has 0 spiro atoms. The molecule has 32 heavy (non-hydrogen) atoms. The average Bonchev–Trinajstić information content (AvgIpc) is 3.49. The molecule has 11 nitrogen and oxygen atoms in total. The van der Waals surface area contributed by atoms with Gasteiger partial charge in [0.2, 0.25) is 17.8 Å². The van der Waals surface area contributed by atoms with E-state index in [4.69, 9.17) is 4.98 Å². The highest BCUT2D eigenvalue weighted by Gasteiger charge is 2.21. The molecule has 0 atom stereocenters. The van der Waals surface area contributed by atoms with E-state index in [9.17, 15) is 9.90 Å². The van der Waals surface area contributed by atoms with Crippen LogP contribution in [0, 0.1) is 0 Å². The Kier molecular flexibility index (Phi) is 5.31. The maximum Gasteiger partial charge on any atom is 0.233 e. The molecule has 3 N–H and O–H groups in total. The Balaban J connectivity index is 1.48. The number of benzene rings is 1. The van der Waals surface area contributed by atoms with Crippen LogP contribution in [0.25, 0.3) is 22.2 Å². The van der Waals surface area contributed by atoms with Crippen molar-refractivity contribution in [1.29, 1.82) is 0 Å². The predicted molar refractivity (Wildman–Crippen MR) is 121 cm³/mol. The molecule has 11 heteroatoms. The fourth-order valence-corrected chi connectivity index (χ4v) is 3.99. The Morgan fingerprint density at radius 1 is 1.16 bits per heavy atom. The molecule has 1 aromatic carbocycles. The minimum atomic E-state index is -0.0310. The first kappa shape index (κ1) is 20.2. The van der Waals surface area contributed by atoms with E-state index in [0.29, 0.717) is 54.9 Å². The number of nitrogens with one attached hydrogen (secondary N) is 2. The van der Waals surface area contributed by atoms with Gasteiger partial charge in [0, 0.05) is 39.6 Å². The minimum Gasteiger partial charge on any atom is -0.395 e. The Morgan fingerprint density at radius 3 is 2.81 bits per heavy atom. The number of imidazole rings is 2. The lowest BCUT2D eigenvalue weighted by Crippen LogP contribution is -2.28. The van der Waals surface area contributed by atoms with Gasteiger partial charge in [-0.1, -0.05) is 12.1 Å². The number of aromatic nitrogens is 6. The second-order valence-electron chi connectivity index (χ2n) is 7.75. The van der Waals surface area contributed by atoms with Crippen molar-refractivity contribution in [1.82, 2.24) is 34.0 Å². The molecule has 1 saturated heterocycles. The smallest absolute Gasteiger partial charge is 0.233 e. The summed E-state index contributed by atoms with van der Waals surface area (Å²) in [5.41, 5.74) is 3.13. The normalized spacial score (nSPS) is 14.1. The molecule has 4 heterocycles. The van der Waals surface area contributed by atoms with Gasteiger partial charge in [-0.25, -0.2) is 9.97 Å². The molecule has 1 fully saturated rings. The summed E-state index contributed by atoms with van der Waals surface area (Å²) < 4.78 is 3.87. The SMILES string of the molecule is Cn1c(Nc2nc(NCCO)c3ncn(CCN4CCCC4=O)c3n2)nc2ccccc21. The number of aliphatic hydroxyl groups is 1. The van der Waals surface area contributed by atoms with Crippen molar-refractivity contribution in [2.75, 3.05) is 36.9 Å². The maximum atomic E-state index is 12.0. The Labute approximate surface area is 184 Å². The molecule has 0 saturated carbocycles. The van der Waals surface area contributed by atoms with Crippen molar-refractivity contribution >= 4 is 45.8 Å². The van der Waals surface area contributed by atoms with Crippen LogP contribution in [0.2, 0.25) is 0 Å². The number of hydrogen-bond acceptors (Lipinski definition) is 8. The van der Waals surface area contributed by atoms with Crippen LogP contribution in [-0.2, 0) is 18.4 Å². The van der Waals surface area contributed by atoms with Crippen LogP contribution in [0.5, 0.6) is 0 Å². The molecule has 1 amide bonds. The summed E-state index contributed by atoms with van der Waals surface area (Å²) in [5.74, 6) is 1.71. The quantitative estimate of drug-likeness (QED) is 0.380. The molecule has 166 valence electrons. The van der Waals surface area contributed by atoms with Gasteiger partial charge in [0.25, 0.3) is 0 Å². The van der Waals surface area contributed by atoms with Crippen LogP contribution in [0.1, 0.15) is 12.8 Å². The maximum absolute atomic E-state index is 12.0. The minimum absolute atomic E-state index is 0.0310. The van der Waals surface area contributed by atoms with Crippen molar-refractivity contribution in [2.24, 2.45) is 7.05 Å². The van der Waals surface area contributed by atoms with Crippen molar-refractivity contribution in [3.05, 3.63) is 30.6 Å². The summed E-state index contributed by atoms with van der Waals surface area (Å²) in [7, 11) is 1.93. The Morgan fingerprint density at radius 2 is 2.03 bits per heavy atom. The van der Waals surface area contributed by atoms with E-state index in [1.807, 2.05) is 45.3 Å². The van der Waals surface area contributed by atoms with Crippen molar-refractivity contribution in [3.63, 3.8) is 0 Å². The summed E-state index contributed by atoms with van der Waals surface area (Å²) in [4.78, 5) is 32.2. The highest BCUT2D eigenvalue weighted by Crippen LogP contribution is 2.24. The molecule has 0 unspecified atom stereocenters. The van der Waals surface area contributed by atoms with Gasteiger partial charge in [0.05, 0.1) is 24.0 Å². The second kappa shape index (κ2) is 8.42. The van der Waals surface area contributed by atoms with Gasteiger partial charge in [-0.15, -0.1) is 0 Å². The zero-order chi connectivity index (χ0) is 22.1. The highest BCUT2D eigenvalue weighted by atomic mass is 16.3. The second-order valence-corrected chi connectivity index (χ2v) is 7.75. The van der Waals surface area contributed by atoms with E-state index in [1.165, 1.54) is 0 Å². The first-order valence-corrected chi connectivity index (χ1v) is 10.7. The van der Waals surface area contributed by atoms with E-state index >= 15 is 0 Å². The number of fused-ring (bicyclic) bond motifs is 2. The molecule has 1 aliphatic heterocycles. The summed E-state index contributed by atoms with van der Waals surface area (Å²) in [6.07, 6.45) is 3.24. The standard InChI is InChI=1S/C21H25N9O2/c1-28-15-6-3-2-5-14(15)24-21(28)27-20-25-18(22-8-12-31)17-19(26-20)30(13-23-17)11-10-29-9-4-7-16(29)32/h2-3,5-6,13,31H,4,7-12H2,1H3,(H2,22,24,25,26,27). The van der Waals surface area contributed by atoms with Gasteiger partial charge >= 0.3 is 0 Å². The molecule has 0 radical (unpaired) electrons. The summed E-state index contributed by atoms with van der Waals surface area (Å²) >= 11 is 0. The van der Waals surface area contributed by atoms with Crippen molar-refractivity contribution in [2.45, 2.75) is 19.4 Å². The number of amides is 1. The number of anilines is 3. The number of aliphatic hydroxyl groups excluding tert-OH is 1. The van der Waals surface area contributed by atoms with Gasteiger partial charge in [-0.2, -0.15) is 9.97 Å². The number of nitrogens with zero attached hydrogens (tertiary/aromatic N) is 7. The molecule has 5 rings (SSSR count). The molecule has 0 bridgehead atoms. The zero-order valence-corrected chi connectivity index (χ0v) is 17.8. The highest BCUT2D eigenvalue weighted by molar-refractivity contribution is 5.85. The number of carbonyl (C=O) groups excluding carboxylic acids is 1. The summed E-state index contributed by atoms with van der Waals surface area (Å²) in [5, 5.41) is 15.6. The van der Waals surface area contributed by atoms with Gasteiger partial charge in [-0.3, -0.25) is 10.1 Å².